The van der Waals surface area contributed by atoms with Crippen LogP contribution in [0.25, 0.3) is 10.9 Å². The van der Waals surface area contributed by atoms with Crippen molar-refractivity contribution in [1.29, 1.82) is 0 Å². The van der Waals surface area contributed by atoms with Gasteiger partial charge in [-0.15, -0.1) is 0 Å². The zero-order valence-corrected chi connectivity index (χ0v) is 20.5. The second kappa shape index (κ2) is 8.96. The number of carbonyl (C=O) groups excluding carboxylic acids is 2. The number of H-pyrrole nitrogens is 1. The number of rotatable bonds is 5. The highest BCUT2D eigenvalue weighted by molar-refractivity contribution is 5.97. The van der Waals surface area contributed by atoms with Crippen molar-refractivity contribution in [2.24, 2.45) is 0 Å². The number of ether oxygens (including phenoxy) is 2. The van der Waals surface area contributed by atoms with Gasteiger partial charge < -0.3 is 24.3 Å². The third kappa shape index (κ3) is 3.80. The van der Waals surface area contributed by atoms with Crippen LogP contribution in [0.4, 0.5) is 4.39 Å². The molecule has 188 valence electrons. The Hall–Kier alpha value is -4.33. The molecule has 6 rings (SSSR count). The standard InChI is InChI=1S/C29H26FN3O4/c1-36-24-12-9-18(13-25(24)37-2)28-27-21(20-5-3-4-6-22(20)31-27)14-23-29(35)32(16-26(34)33(23)28)15-17-7-10-19(30)11-8-17/h3-13,23,28,31H,14-16H2,1-2H3/t23-,28-/m0/s1. The summed E-state index contributed by atoms with van der Waals surface area (Å²) in [5, 5.41) is 1.04. The van der Waals surface area contributed by atoms with Gasteiger partial charge in [0.1, 0.15) is 18.4 Å². The number of aromatic nitrogens is 1. The van der Waals surface area contributed by atoms with E-state index in [1.54, 1.807) is 36.2 Å². The molecule has 1 fully saturated rings. The Bertz CT molecular complexity index is 1510. The summed E-state index contributed by atoms with van der Waals surface area (Å²) < 4.78 is 24.4. The minimum absolute atomic E-state index is 0.0495. The van der Waals surface area contributed by atoms with E-state index in [-0.39, 0.29) is 30.7 Å². The SMILES string of the molecule is COc1ccc([C@H]2c3[nH]c4ccccc4c3C[C@H]3C(=O)N(Cc4ccc(F)cc4)CC(=O)N23)cc1OC. The largest absolute Gasteiger partial charge is 0.493 e. The number of nitrogens with one attached hydrogen (secondary N) is 1. The highest BCUT2D eigenvalue weighted by atomic mass is 19.1. The molecule has 7 nitrogen and oxygen atoms in total. The van der Waals surface area contributed by atoms with Gasteiger partial charge in [0.25, 0.3) is 0 Å². The maximum absolute atomic E-state index is 13.8. The van der Waals surface area contributed by atoms with Crippen LogP contribution in [0.2, 0.25) is 0 Å². The van der Waals surface area contributed by atoms with E-state index in [2.05, 4.69) is 4.98 Å². The van der Waals surface area contributed by atoms with Crippen LogP contribution in [0.1, 0.15) is 28.4 Å². The van der Waals surface area contributed by atoms with E-state index in [4.69, 9.17) is 9.47 Å². The number of fused-ring (bicyclic) bond motifs is 4. The Morgan fingerprint density at radius 3 is 2.49 bits per heavy atom. The molecule has 0 spiro atoms. The Balaban J connectivity index is 1.46. The molecule has 2 amide bonds. The molecule has 0 bridgehead atoms. The zero-order chi connectivity index (χ0) is 25.7. The van der Waals surface area contributed by atoms with Gasteiger partial charge in [-0.1, -0.05) is 36.4 Å². The molecule has 37 heavy (non-hydrogen) atoms. The average Bonchev–Trinajstić information content (AvgIpc) is 3.29. The maximum atomic E-state index is 13.8. The smallest absolute Gasteiger partial charge is 0.246 e. The molecule has 0 radical (unpaired) electrons. The molecule has 2 aliphatic heterocycles. The number of hydrogen-bond acceptors (Lipinski definition) is 4. The maximum Gasteiger partial charge on any atom is 0.246 e. The molecular formula is C29H26FN3O4. The van der Waals surface area contributed by atoms with E-state index in [1.165, 1.54) is 12.1 Å². The number of carbonyl (C=O) groups is 2. The topological polar surface area (TPSA) is 74.9 Å². The molecule has 1 aromatic heterocycles. The summed E-state index contributed by atoms with van der Waals surface area (Å²) in [5.41, 5.74) is 4.49. The monoisotopic (exact) mass is 499 g/mol. The van der Waals surface area contributed by atoms with Crippen LogP contribution in [0.15, 0.2) is 66.7 Å². The number of para-hydroxylation sites is 1. The van der Waals surface area contributed by atoms with Gasteiger partial charge in [0.15, 0.2) is 11.5 Å². The third-order valence-corrected chi connectivity index (χ3v) is 7.35. The zero-order valence-electron chi connectivity index (χ0n) is 20.5. The summed E-state index contributed by atoms with van der Waals surface area (Å²) in [6.07, 6.45) is 0.410. The Labute approximate surface area is 213 Å². The molecule has 1 N–H and O–H groups in total. The number of benzene rings is 3. The molecule has 4 aromatic rings. The molecule has 3 aromatic carbocycles. The van der Waals surface area contributed by atoms with Crippen molar-refractivity contribution in [1.82, 2.24) is 14.8 Å². The third-order valence-electron chi connectivity index (χ3n) is 7.35. The lowest BCUT2D eigenvalue weighted by Crippen LogP contribution is -2.62. The normalized spacial score (nSPS) is 19.1. The molecule has 0 saturated carbocycles. The lowest BCUT2D eigenvalue weighted by molar-refractivity contribution is -0.159. The number of halogens is 1. The number of methoxy groups -OCH3 is 2. The number of aromatic amines is 1. The molecule has 3 heterocycles. The lowest BCUT2D eigenvalue weighted by Gasteiger charge is -2.47. The fourth-order valence-electron chi connectivity index (χ4n) is 5.64. The van der Waals surface area contributed by atoms with E-state index in [0.29, 0.717) is 17.9 Å². The molecule has 1 saturated heterocycles. The van der Waals surface area contributed by atoms with Gasteiger partial charge in [-0.3, -0.25) is 9.59 Å². The van der Waals surface area contributed by atoms with Crippen molar-refractivity contribution in [2.45, 2.75) is 25.0 Å². The van der Waals surface area contributed by atoms with Crippen LogP contribution < -0.4 is 9.47 Å². The molecule has 0 aliphatic carbocycles. The van der Waals surface area contributed by atoms with E-state index in [0.717, 1.165) is 33.3 Å². The van der Waals surface area contributed by atoms with Crippen LogP contribution in [-0.2, 0) is 22.6 Å². The summed E-state index contributed by atoms with van der Waals surface area (Å²) >= 11 is 0. The molecule has 2 aliphatic rings. The van der Waals surface area contributed by atoms with Gasteiger partial charge >= 0.3 is 0 Å². The predicted octanol–water partition coefficient (Wildman–Crippen LogP) is 4.21. The summed E-state index contributed by atoms with van der Waals surface area (Å²) in [4.78, 5) is 34.4. The highest BCUT2D eigenvalue weighted by Crippen LogP contribution is 2.44. The summed E-state index contributed by atoms with van der Waals surface area (Å²) in [7, 11) is 3.15. The fraction of sp³-hybridized carbons (Fsp3) is 0.241. The number of amides is 2. The quantitative estimate of drug-likeness (QED) is 0.447. The van der Waals surface area contributed by atoms with E-state index in [1.807, 2.05) is 42.5 Å². The molecule has 0 unspecified atom stereocenters. The van der Waals surface area contributed by atoms with Gasteiger partial charge in [0.05, 0.1) is 20.3 Å². The minimum atomic E-state index is -0.661. The summed E-state index contributed by atoms with van der Waals surface area (Å²) in [6, 6.07) is 18.4. The average molecular weight is 500 g/mol. The minimum Gasteiger partial charge on any atom is -0.493 e. The highest BCUT2D eigenvalue weighted by Gasteiger charge is 2.48. The van der Waals surface area contributed by atoms with Crippen LogP contribution in [0.3, 0.4) is 0 Å². The fourth-order valence-corrected chi connectivity index (χ4v) is 5.64. The lowest BCUT2D eigenvalue weighted by atomic mass is 9.86. The van der Waals surface area contributed by atoms with E-state index in [9.17, 15) is 14.0 Å². The first kappa shape index (κ1) is 23.1. The van der Waals surface area contributed by atoms with Crippen molar-refractivity contribution >= 4 is 22.7 Å². The summed E-state index contributed by atoms with van der Waals surface area (Å²) in [6.45, 7) is 0.197. The first-order valence-corrected chi connectivity index (χ1v) is 12.1. The summed E-state index contributed by atoms with van der Waals surface area (Å²) in [5.74, 6) is 0.532. The van der Waals surface area contributed by atoms with Crippen molar-refractivity contribution in [3.63, 3.8) is 0 Å². The van der Waals surface area contributed by atoms with Gasteiger partial charge in [-0.2, -0.15) is 0 Å². The molecule has 8 heteroatoms. The van der Waals surface area contributed by atoms with Crippen LogP contribution >= 0.6 is 0 Å². The predicted molar refractivity (Wildman–Crippen MR) is 136 cm³/mol. The van der Waals surface area contributed by atoms with Crippen LogP contribution in [0.5, 0.6) is 11.5 Å². The second-order valence-electron chi connectivity index (χ2n) is 9.42. The second-order valence-corrected chi connectivity index (χ2v) is 9.42. The van der Waals surface area contributed by atoms with Crippen molar-refractivity contribution in [2.75, 3.05) is 20.8 Å². The first-order chi connectivity index (χ1) is 18.0. The van der Waals surface area contributed by atoms with Gasteiger partial charge in [-0.25, -0.2) is 4.39 Å². The number of nitrogens with zero attached hydrogens (tertiary/aromatic N) is 2. The van der Waals surface area contributed by atoms with Crippen molar-refractivity contribution in [3.05, 3.63) is 94.9 Å². The molecule has 2 atom stereocenters. The van der Waals surface area contributed by atoms with Gasteiger partial charge in [0.2, 0.25) is 11.8 Å². The van der Waals surface area contributed by atoms with Crippen molar-refractivity contribution in [3.8, 4) is 11.5 Å². The van der Waals surface area contributed by atoms with E-state index < -0.39 is 12.1 Å². The van der Waals surface area contributed by atoms with E-state index >= 15 is 0 Å². The van der Waals surface area contributed by atoms with Crippen LogP contribution in [-0.4, -0.2) is 53.4 Å². The molecular weight excluding hydrogens is 473 g/mol. The van der Waals surface area contributed by atoms with Crippen LogP contribution in [0, 0.1) is 5.82 Å². The van der Waals surface area contributed by atoms with Gasteiger partial charge in [-0.05, 0) is 47.0 Å². The number of piperazine rings is 1. The number of hydrogen-bond donors (Lipinski definition) is 1. The van der Waals surface area contributed by atoms with Crippen molar-refractivity contribution < 1.29 is 23.5 Å². The first-order valence-electron chi connectivity index (χ1n) is 12.1. The Morgan fingerprint density at radius 1 is 0.973 bits per heavy atom. The Kier molecular flexibility index (Phi) is 5.59. The van der Waals surface area contributed by atoms with Gasteiger partial charge in [0, 0.05) is 29.6 Å². The Morgan fingerprint density at radius 2 is 1.73 bits per heavy atom.